The predicted molar refractivity (Wildman–Crippen MR) is 51.0 cm³/mol. The molecule has 1 aliphatic carbocycles. The Labute approximate surface area is 77.8 Å². The number of hydrogen-bond acceptors (Lipinski definition) is 1. The van der Waals surface area contributed by atoms with E-state index >= 15 is 0 Å². The Bertz CT molecular complexity index is 333. The molecule has 0 saturated carbocycles. The molecule has 2 rings (SSSR count). The maximum absolute atomic E-state index is 13.1. The van der Waals surface area contributed by atoms with E-state index in [9.17, 15) is 4.39 Å². The van der Waals surface area contributed by atoms with Gasteiger partial charge in [-0.25, -0.2) is 4.39 Å². The maximum atomic E-state index is 13.1. The zero-order valence-electron chi connectivity index (χ0n) is 7.81. The fourth-order valence-electron chi connectivity index (χ4n) is 2.13. The fraction of sp³-hybridized carbons (Fsp3) is 0.455. The second kappa shape index (κ2) is 3.11. The van der Waals surface area contributed by atoms with E-state index in [1.807, 2.05) is 6.92 Å². The van der Waals surface area contributed by atoms with Crippen molar-refractivity contribution in [2.24, 2.45) is 5.73 Å². The van der Waals surface area contributed by atoms with Gasteiger partial charge in [-0.1, -0.05) is 0 Å². The van der Waals surface area contributed by atoms with E-state index in [4.69, 9.17) is 5.73 Å². The van der Waals surface area contributed by atoms with Crippen molar-refractivity contribution < 1.29 is 4.39 Å². The van der Waals surface area contributed by atoms with Crippen LogP contribution < -0.4 is 5.73 Å². The maximum Gasteiger partial charge on any atom is 0.123 e. The van der Waals surface area contributed by atoms with E-state index in [0.29, 0.717) is 0 Å². The Kier molecular flexibility index (Phi) is 2.08. The Hall–Kier alpha value is -0.890. The molecule has 0 spiro atoms. The lowest BCUT2D eigenvalue weighted by Gasteiger charge is -2.23. The number of rotatable bonds is 0. The summed E-state index contributed by atoms with van der Waals surface area (Å²) in [6.07, 6.45) is 3.16. The molecule has 0 bridgehead atoms. The van der Waals surface area contributed by atoms with E-state index < -0.39 is 0 Å². The van der Waals surface area contributed by atoms with Gasteiger partial charge in [-0.2, -0.15) is 0 Å². The van der Waals surface area contributed by atoms with Crippen LogP contribution in [0.4, 0.5) is 4.39 Å². The summed E-state index contributed by atoms with van der Waals surface area (Å²) in [5, 5.41) is 0. The molecule has 1 nitrogen and oxygen atoms in total. The van der Waals surface area contributed by atoms with E-state index in [0.717, 1.165) is 30.4 Å². The summed E-state index contributed by atoms with van der Waals surface area (Å²) in [7, 11) is 0. The molecule has 1 aliphatic rings. The minimum absolute atomic E-state index is 0.0400. The van der Waals surface area contributed by atoms with Crippen LogP contribution in [-0.4, -0.2) is 0 Å². The molecular weight excluding hydrogens is 165 g/mol. The Morgan fingerprint density at radius 2 is 2.23 bits per heavy atom. The van der Waals surface area contributed by atoms with Gasteiger partial charge in [0.2, 0.25) is 0 Å². The normalized spacial score (nSPS) is 21.3. The third-order valence-electron chi connectivity index (χ3n) is 2.81. The standard InChI is InChI=1S/C11H14FN/c1-7-5-8(12)6-10-9(7)3-2-4-11(10)13/h5-6,11H,2-4,13H2,1H3/t11-/m0/s1. The van der Waals surface area contributed by atoms with E-state index in [1.54, 1.807) is 12.1 Å². The quantitative estimate of drug-likeness (QED) is 0.650. The zero-order valence-corrected chi connectivity index (χ0v) is 7.81. The van der Waals surface area contributed by atoms with Crippen LogP contribution in [0.3, 0.4) is 0 Å². The van der Waals surface area contributed by atoms with Crippen molar-refractivity contribution in [1.29, 1.82) is 0 Å². The van der Waals surface area contributed by atoms with Gasteiger partial charge < -0.3 is 5.73 Å². The third-order valence-corrected chi connectivity index (χ3v) is 2.81. The zero-order chi connectivity index (χ0) is 9.42. The minimum atomic E-state index is -0.159. The Morgan fingerprint density at radius 1 is 1.46 bits per heavy atom. The molecule has 2 heteroatoms. The minimum Gasteiger partial charge on any atom is -0.324 e. The second-order valence-corrected chi connectivity index (χ2v) is 3.79. The van der Waals surface area contributed by atoms with Gasteiger partial charge in [0.25, 0.3) is 0 Å². The topological polar surface area (TPSA) is 26.0 Å². The van der Waals surface area contributed by atoms with Crippen molar-refractivity contribution in [2.45, 2.75) is 32.2 Å². The van der Waals surface area contributed by atoms with Crippen molar-refractivity contribution in [3.8, 4) is 0 Å². The summed E-state index contributed by atoms with van der Waals surface area (Å²) in [6, 6.07) is 3.22. The highest BCUT2D eigenvalue weighted by atomic mass is 19.1. The highest BCUT2D eigenvalue weighted by molar-refractivity contribution is 5.38. The van der Waals surface area contributed by atoms with Gasteiger partial charge in [0.05, 0.1) is 0 Å². The molecule has 0 aliphatic heterocycles. The second-order valence-electron chi connectivity index (χ2n) is 3.79. The van der Waals surface area contributed by atoms with Crippen LogP contribution in [0.25, 0.3) is 0 Å². The Balaban J connectivity index is 2.56. The first-order valence-electron chi connectivity index (χ1n) is 4.73. The lowest BCUT2D eigenvalue weighted by molar-refractivity contribution is 0.554. The van der Waals surface area contributed by atoms with Gasteiger partial charge in [-0.15, -0.1) is 0 Å². The number of benzene rings is 1. The molecule has 0 radical (unpaired) electrons. The van der Waals surface area contributed by atoms with Crippen LogP contribution in [0.5, 0.6) is 0 Å². The van der Waals surface area contributed by atoms with Crippen molar-refractivity contribution in [2.75, 3.05) is 0 Å². The van der Waals surface area contributed by atoms with Crippen LogP contribution in [0.15, 0.2) is 12.1 Å². The number of fused-ring (bicyclic) bond motifs is 1. The smallest absolute Gasteiger partial charge is 0.123 e. The monoisotopic (exact) mass is 179 g/mol. The molecule has 0 unspecified atom stereocenters. The average molecular weight is 179 g/mol. The summed E-state index contributed by atoms with van der Waals surface area (Å²) in [4.78, 5) is 0. The first-order valence-corrected chi connectivity index (χ1v) is 4.73. The summed E-state index contributed by atoms with van der Waals surface area (Å²) < 4.78 is 13.1. The number of aryl methyl sites for hydroxylation is 1. The number of halogens is 1. The van der Waals surface area contributed by atoms with Crippen LogP contribution in [-0.2, 0) is 6.42 Å². The average Bonchev–Trinajstić information content (AvgIpc) is 2.07. The molecule has 1 aromatic rings. The van der Waals surface area contributed by atoms with Crippen LogP contribution in [0.1, 0.15) is 35.6 Å². The van der Waals surface area contributed by atoms with Gasteiger partial charge in [0, 0.05) is 6.04 Å². The van der Waals surface area contributed by atoms with E-state index in [2.05, 4.69) is 0 Å². The van der Waals surface area contributed by atoms with Crippen LogP contribution >= 0.6 is 0 Å². The molecule has 0 fully saturated rings. The molecule has 2 N–H and O–H groups in total. The lowest BCUT2D eigenvalue weighted by Crippen LogP contribution is -2.18. The molecular formula is C11H14FN. The van der Waals surface area contributed by atoms with Gasteiger partial charge in [-0.05, 0) is 55.0 Å². The fourth-order valence-corrected chi connectivity index (χ4v) is 2.13. The molecule has 0 heterocycles. The molecule has 1 aromatic carbocycles. The Morgan fingerprint density at radius 3 is 3.00 bits per heavy atom. The van der Waals surface area contributed by atoms with Crippen molar-refractivity contribution in [3.05, 3.63) is 34.6 Å². The molecule has 13 heavy (non-hydrogen) atoms. The van der Waals surface area contributed by atoms with Gasteiger partial charge in [0.1, 0.15) is 5.82 Å². The largest absolute Gasteiger partial charge is 0.324 e. The highest BCUT2D eigenvalue weighted by Gasteiger charge is 2.18. The molecule has 0 amide bonds. The number of hydrogen-bond donors (Lipinski definition) is 1. The number of nitrogens with two attached hydrogens (primary N) is 1. The van der Waals surface area contributed by atoms with Gasteiger partial charge in [-0.3, -0.25) is 0 Å². The first kappa shape index (κ1) is 8.70. The van der Waals surface area contributed by atoms with E-state index in [-0.39, 0.29) is 11.9 Å². The van der Waals surface area contributed by atoms with Crippen molar-refractivity contribution in [1.82, 2.24) is 0 Å². The third kappa shape index (κ3) is 1.46. The summed E-state index contributed by atoms with van der Waals surface area (Å²) in [6.45, 7) is 1.96. The van der Waals surface area contributed by atoms with Crippen molar-refractivity contribution in [3.63, 3.8) is 0 Å². The summed E-state index contributed by atoms with van der Waals surface area (Å²) in [5.74, 6) is -0.159. The van der Waals surface area contributed by atoms with Gasteiger partial charge >= 0.3 is 0 Å². The van der Waals surface area contributed by atoms with E-state index in [1.165, 1.54) is 5.56 Å². The highest BCUT2D eigenvalue weighted by Crippen LogP contribution is 2.30. The van der Waals surface area contributed by atoms with Crippen LogP contribution in [0, 0.1) is 12.7 Å². The summed E-state index contributed by atoms with van der Waals surface area (Å²) in [5.41, 5.74) is 9.25. The first-order chi connectivity index (χ1) is 6.18. The molecule has 70 valence electrons. The lowest BCUT2D eigenvalue weighted by atomic mass is 9.85. The summed E-state index contributed by atoms with van der Waals surface area (Å²) >= 11 is 0. The molecule has 1 atom stereocenters. The predicted octanol–water partition coefficient (Wildman–Crippen LogP) is 2.47. The molecule has 0 saturated heterocycles. The van der Waals surface area contributed by atoms with Crippen LogP contribution in [0.2, 0.25) is 0 Å². The SMILES string of the molecule is Cc1cc(F)cc2c1CCC[C@@H]2N. The van der Waals surface area contributed by atoms with Gasteiger partial charge in [0.15, 0.2) is 0 Å². The molecule has 0 aromatic heterocycles. The van der Waals surface area contributed by atoms with Crippen molar-refractivity contribution >= 4 is 0 Å².